The summed E-state index contributed by atoms with van der Waals surface area (Å²) in [7, 11) is 1.89. The van der Waals surface area contributed by atoms with Gasteiger partial charge in [-0.2, -0.15) is 0 Å². The van der Waals surface area contributed by atoms with Crippen LogP contribution < -0.4 is 9.80 Å². The third kappa shape index (κ3) is 2.05. The molecule has 0 atom stereocenters. The second kappa shape index (κ2) is 4.67. The van der Waals surface area contributed by atoms with Gasteiger partial charge in [0.1, 0.15) is 11.6 Å². The maximum Gasteiger partial charge on any atom is 0.294 e. The Morgan fingerprint density at radius 2 is 2.00 bits per heavy atom. The van der Waals surface area contributed by atoms with Gasteiger partial charge in [-0.3, -0.25) is 4.79 Å². The normalized spacial score (nSPS) is 14.3. The number of anilines is 2. The van der Waals surface area contributed by atoms with Crippen LogP contribution in [-0.4, -0.2) is 26.0 Å². The fourth-order valence-corrected chi connectivity index (χ4v) is 2.41. The first-order valence-corrected chi connectivity index (χ1v) is 6.45. The summed E-state index contributed by atoms with van der Waals surface area (Å²) in [5.74, 6) is 0.502. The molecule has 0 unspecified atom stereocenters. The number of rotatable bonds is 1. The molecule has 1 amide bonds. The highest BCUT2D eigenvalue weighted by Gasteiger charge is 2.27. The van der Waals surface area contributed by atoms with Crippen molar-refractivity contribution in [3.63, 3.8) is 0 Å². The van der Waals surface area contributed by atoms with E-state index < -0.39 is 0 Å². The Morgan fingerprint density at radius 3 is 2.70 bits per heavy atom. The molecule has 2 aromatic rings. The zero-order valence-corrected chi connectivity index (χ0v) is 11.4. The van der Waals surface area contributed by atoms with Crippen molar-refractivity contribution >= 4 is 17.3 Å². The predicted octanol–water partition coefficient (Wildman–Crippen LogP) is 2.82. The number of hydrogen-bond donors (Lipinski definition) is 0. The lowest BCUT2D eigenvalue weighted by Crippen LogP contribution is -2.42. The van der Waals surface area contributed by atoms with E-state index in [4.69, 9.17) is 4.42 Å². The van der Waals surface area contributed by atoms with Gasteiger partial charge in [-0.05, 0) is 37.3 Å². The largest absolute Gasteiger partial charge is 0.456 e. The van der Waals surface area contributed by atoms with Crippen LogP contribution in [-0.2, 0) is 0 Å². The molecule has 1 aromatic carbocycles. The molecule has 0 saturated carbocycles. The van der Waals surface area contributed by atoms with E-state index in [1.54, 1.807) is 30.0 Å². The van der Waals surface area contributed by atoms with E-state index in [2.05, 4.69) is 0 Å². The van der Waals surface area contributed by atoms with Crippen molar-refractivity contribution in [1.82, 2.24) is 0 Å². The molecule has 20 heavy (non-hydrogen) atoms. The number of halogens is 1. The summed E-state index contributed by atoms with van der Waals surface area (Å²) in [4.78, 5) is 16.1. The maximum absolute atomic E-state index is 13.4. The summed E-state index contributed by atoms with van der Waals surface area (Å²) in [6, 6.07) is 7.87. The van der Waals surface area contributed by atoms with E-state index in [1.165, 1.54) is 12.1 Å². The molecule has 0 N–H and O–H groups in total. The minimum Gasteiger partial charge on any atom is -0.456 e. The van der Waals surface area contributed by atoms with Crippen LogP contribution in [0.3, 0.4) is 0 Å². The van der Waals surface area contributed by atoms with Crippen molar-refractivity contribution in [2.24, 2.45) is 0 Å². The highest BCUT2D eigenvalue weighted by molar-refractivity contribution is 6.06. The lowest BCUT2D eigenvalue weighted by atomic mass is 10.1. The van der Waals surface area contributed by atoms with Crippen molar-refractivity contribution in [1.29, 1.82) is 0 Å². The van der Waals surface area contributed by atoms with Gasteiger partial charge in [0, 0.05) is 20.1 Å². The summed E-state index contributed by atoms with van der Waals surface area (Å²) in [6.45, 7) is 3.00. The topological polar surface area (TPSA) is 36.7 Å². The monoisotopic (exact) mass is 274 g/mol. The van der Waals surface area contributed by atoms with Gasteiger partial charge in [0.25, 0.3) is 5.91 Å². The molecule has 0 saturated heterocycles. The van der Waals surface area contributed by atoms with Gasteiger partial charge >= 0.3 is 0 Å². The maximum atomic E-state index is 13.4. The molecule has 3 rings (SSSR count). The van der Waals surface area contributed by atoms with Crippen molar-refractivity contribution in [3.8, 4) is 0 Å². The van der Waals surface area contributed by atoms with Crippen LogP contribution in [0.25, 0.3) is 0 Å². The van der Waals surface area contributed by atoms with Crippen LogP contribution in [0.5, 0.6) is 0 Å². The zero-order chi connectivity index (χ0) is 14.3. The molecule has 0 spiro atoms. The lowest BCUT2D eigenvalue weighted by molar-refractivity contribution is 0.0959. The number of carbonyl (C=O) groups is 1. The molecule has 4 nitrogen and oxygen atoms in total. The molecule has 1 aromatic heterocycles. The average molecular weight is 274 g/mol. The highest BCUT2D eigenvalue weighted by atomic mass is 19.1. The molecule has 0 radical (unpaired) electrons. The molecular formula is C15H15FN2O2. The fraction of sp³-hybridized carbons (Fsp3) is 0.267. The molecule has 104 valence electrons. The summed E-state index contributed by atoms with van der Waals surface area (Å²) >= 11 is 0. The summed E-state index contributed by atoms with van der Waals surface area (Å²) in [5, 5.41) is 0. The van der Waals surface area contributed by atoms with Gasteiger partial charge in [-0.15, -0.1) is 0 Å². The molecule has 0 bridgehead atoms. The molecule has 0 aliphatic carbocycles. The number of hydrogen-bond acceptors (Lipinski definition) is 3. The summed E-state index contributed by atoms with van der Waals surface area (Å²) < 4.78 is 18.8. The summed E-state index contributed by atoms with van der Waals surface area (Å²) in [5.41, 5.74) is 1.42. The van der Waals surface area contributed by atoms with Crippen molar-refractivity contribution < 1.29 is 13.6 Å². The third-order valence-electron chi connectivity index (χ3n) is 3.49. The second-order valence-electron chi connectivity index (χ2n) is 4.92. The first-order valence-electron chi connectivity index (χ1n) is 6.45. The van der Waals surface area contributed by atoms with Crippen molar-refractivity contribution in [2.45, 2.75) is 6.92 Å². The smallest absolute Gasteiger partial charge is 0.294 e. The number of amides is 1. The van der Waals surface area contributed by atoms with Gasteiger partial charge in [-0.25, -0.2) is 4.39 Å². The SMILES string of the molecule is Cc1ccc(C(=O)N2CCN(C)c3cc(F)ccc32)o1. The number of likely N-dealkylation sites (N-methyl/N-ethyl adjacent to an activating group) is 1. The Morgan fingerprint density at radius 1 is 1.20 bits per heavy atom. The Balaban J connectivity index is 2.00. The molecule has 5 heteroatoms. The van der Waals surface area contributed by atoms with Crippen LogP contribution in [0, 0.1) is 12.7 Å². The Bertz CT molecular complexity index is 666. The van der Waals surface area contributed by atoms with Gasteiger partial charge < -0.3 is 14.2 Å². The third-order valence-corrected chi connectivity index (χ3v) is 3.49. The quantitative estimate of drug-likeness (QED) is 0.802. The van der Waals surface area contributed by atoms with E-state index in [0.717, 1.165) is 0 Å². The average Bonchev–Trinajstić information content (AvgIpc) is 2.86. The van der Waals surface area contributed by atoms with Gasteiger partial charge in [0.2, 0.25) is 0 Å². The number of aryl methyl sites for hydroxylation is 1. The molecular weight excluding hydrogens is 259 g/mol. The van der Waals surface area contributed by atoms with Crippen LogP contribution in [0.4, 0.5) is 15.8 Å². The standard InChI is InChI=1S/C15H15FN2O2/c1-10-3-6-14(20-10)15(19)18-8-7-17(2)13-9-11(16)4-5-12(13)18/h3-6,9H,7-8H2,1-2H3. The van der Waals surface area contributed by atoms with Gasteiger partial charge in [0.15, 0.2) is 5.76 Å². The Hall–Kier alpha value is -2.30. The van der Waals surface area contributed by atoms with Gasteiger partial charge in [0.05, 0.1) is 11.4 Å². The fourth-order valence-electron chi connectivity index (χ4n) is 2.41. The number of carbonyl (C=O) groups excluding carboxylic acids is 1. The van der Waals surface area contributed by atoms with Crippen molar-refractivity contribution in [2.75, 3.05) is 29.9 Å². The van der Waals surface area contributed by atoms with Crippen LogP contribution >= 0.6 is 0 Å². The first-order chi connectivity index (χ1) is 9.56. The van der Waals surface area contributed by atoms with Crippen molar-refractivity contribution in [3.05, 3.63) is 47.7 Å². The predicted molar refractivity (Wildman–Crippen MR) is 74.8 cm³/mol. The Labute approximate surface area is 116 Å². The number of fused-ring (bicyclic) bond motifs is 1. The molecule has 2 heterocycles. The van der Waals surface area contributed by atoms with E-state index in [-0.39, 0.29) is 11.7 Å². The number of furan rings is 1. The van der Waals surface area contributed by atoms with Crippen LogP contribution in [0.1, 0.15) is 16.3 Å². The van der Waals surface area contributed by atoms with Crippen LogP contribution in [0.2, 0.25) is 0 Å². The zero-order valence-electron chi connectivity index (χ0n) is 11.4. The van der Waals surface area contributed by atoms with Crippen LogP contribution in [0.15, 0.2) is 34.7 Å². The minimum absolute atomic E-state index is 0.195. The lowest BCUT2D eigenvalue weighted by Gasteiger charge is -2.35. The van der Waals surface area contributed by atoms with E-state index in [0.29, 0.717) is 36.0 Å². The summed E-state index contributed by atoms with van der Waals surface area (Å²) in [6.07, 6.45) is 0. The van der Waals surface area contributed by atoms with E-state index in [9.17, 15) is 9.18 Å². The number of nitrogens with zero attached hydrogens (tertiary/aromatic N) is 2. The first kappa shape index (κ1) is 12.7. The second-order valence-corrected chi connectivity index (χ2v) is 4.92. The molecule has 1 aliphatic rings. The van der Waals surface area contributed by atoms with Gasteiger partial charge in [-0.1, -0.05) is 0 Å². The number of benzene rings is 1. The van der Waals surface area contributed by atoms with E-state index in [1.807, 2.05) is 11.9 Å². The highest BCUT2D eigenvalue weighted by Crippen LogP contribution is 2.33. The van der Waals surface area contributed by atoms with E-state index >= 15 is 0 Å². The molecule has 0 fully saturated rings. The minimum atomic E-state index is -0.307. The Kier molecular flexibility index (Phi) is 2.97. The molecule has 1 aliphatic heterocycles.